The average molecular weight is 446 g/mol. The summed E-state index contributed by atoms with van der Waals surface area (Å²) >= 11 is 0. The first-order valence-electron chi connectivity index (χ1n) is 11.5. The van der Waals surface area contributed by atoms with Crippen LogP contribution in [0.4, 0.5) is 10.1 Å². The summed E-state index contributed by atoms with van der Waals surface area (Å²) in [6.07, 6.45) is 6.04. The molecular weight excluding hydrogens is 409 g/mol. The van der Waals surface area contributed by atoms with E-state index >= 15 is 0 Å². The lowest BCUT2D eigenvalue weighted by atomic mass is 9.80. The second kappa shape index (κ2) is 10.6. The molecule has 5 heteroatoms. The smallest absolute Gasteiger partial charge is 0.152 e. The Bertz CT molecular complexity index is 935. The minimum atomic E-state index is -2.96. The lowest BCUT2D eigenvalue weighted by molar-refractivity contribution is 0.278. The molecule has 2 aromatic rings. The molecule has 0 heterocycles. The predicted octanol–water partition coefficient (Wildman–Crippen LogP) is 6.02. The fourth-order valence-corrected chi connectivity index (χ4v) is 5.90. The third-order valence-electron chi connectivity index (χ3n) is 6.64. The van der Waals surface area contributed by atoms with E-state index in [1.807, 2.05) is 25.2 Å². The summed E-state index contributed by atoms with van der Waals surface area (Å²) in [6.45, 7) is 4.28. The molecule has 0 saturated heterocycles. The number of sulfone groups is 1. The van der Waals surface area contributed by atoms with Gasteiger partial charge >= 0.3 is 0 Å². The third-order valence-corrected chi connectivity index (χ3v) is 9.01. The van der Waals surface area contributed by atoms with Gasteiger partial charge in [0.25, 0.3) is 0 Å². The minimum Gasteiger partial charge on any atom is -0.370 e. The second-order valence-electron chi connectivity index (χ2n) is 9.46. The summed E-state index contributed by atoms with van der Waals surface area (Å²) in [6, 6.07) is 15.6. The Balaban J connectivity index is 1.52. The molecule has 0 radical (unpaired) electrons. The van der Waals surface area contributed by atoms with Gasteiger partial charge in [0.1, 0.15) is 5.82 Å². The van der Waals surface area contributed by atoms with E-state index in [1.165, 1.54) is 5.56 Å². The van der Waals surface area contributed by atoms with Crippen molar-refractivity contribution in [2.75, 3.05) is 17.7 Å². The molecule has 2 aromatic carbocycles. The highest BCUT2D eigenvalue weighted by atomic mass is 32.2. The topological polar surface area (TPSA) is 37.4 Å². The minimum absolute atomic E-state index is 0.185. The summed E-state index contributed by atoms with van der Waals surface area (Å²) in [7, 11) is -0.959. The van der Waals surface area contributed by atoms with Crippen LogP contribution >= 0.6 is 0 Å². The molecule has 0 aromatic heterocycles. The van der Waals surface area contributed by atoms with Crippen LogP contribution < -0.4 is 4.90 Å². The number of aryl methyl sites for hydroxylation is 1. The van der Waals surface area contributed by atoms with Gasteiger partial charge in [0.2, 0.25) is 0 Å². The largest absolute Gasteiger partial charge is 0.370 e. The maximum atomic E-state index is 14.3. The SMILES string of the molecule is CC(C)S(=O)(=O)CC1CCC(CCc2cc(F)cc(N(C)Cc3ccccc3)c2)CC1. The van der Waals surface area contributed by atoms with E-state index in [0.29, 0.717) is 17.6 Å². The van der Waals surface area contributed by atoms with E-state index in [1.54, 1.807) is 26.0 Å². The third kappa shape index (κ3) is 7.06. The van der Waals surface area contributed by atoms with Crippen molar-refractivity contribution in [3.63, 3.8) is 0 Å². The number of anilines is 1. The number of nitrogens with zero attached hydrogens (tertiary/aromatic N) is 1. The van der Waals surface area contributed by atoms with Crippen molar-refractivity contribution in [1.29, 1.82) is 0 Å². The van der Waals surface area contributed by atoms with Gasteiger partial charge in [-0.1, -0.05) is 43.2 Å². The first-order valence-corrected chi connectivity index (χ1v) is 13.2. The lowest BCUT2D eigenvalue weighted by Crippen LogP contribution is -2.26. The Kier molecular flexibility index (Phi) is 8.15. The summed E-state index contributed by atoms with van der Waals surface area (Å²) in [5, 5.41) is -0.285. The summed E-state index contributed by atoms with van der Waals surface area (Å²) in [5.41, 5.74) is 3.15. The molecule has 1 fully saturated rings. The molecular formula is C26H36FNO2S. The van der Waals surface area contributed by atoms with E-state index in [4.69, 9.17) is 0 Å². The highest BCUT2D eigenvalue weighted by Gasteiger charge is 2.27. The monoisotopic (exact) mass is 445 g/mol. The summed E-state index contributed by atoms with van der Waals surface area (Å²) in [5.74, 6) is 1.05. The first kappa shape index (κ1) is 23.8. The number of halogens is 1. The molecule has 1 aliphatic carbocycles. The van der Waals surface area contributed by atoms with E-state index in [0.717, 1.165) is 56.3 Å². The molecule has 0 N–H and O–H groups in total. The van der Waals surface area contributed by atoms with Crippen LogP contribution in [0.3, 0.4) is 0 Å². The molecule has 3 nitrogen and oxygen atoms in total. The van der Waals surface area contributed by atoms with Gasteiger partial charge in [-0.3, -0.25) is 0 Å². The van der Waals surface area contributed by atoms with Gasteiger partial charge in [-0.05, 0) is 80.7 Å². The first-order chi connectivity index (χ1) is 14.7. The molecule has 0 amide bonds. The average Bonchev–Trinajstić information content (AvgIpc) is 2.73. The van der Waals surface area contributed by atoms with Gasteiger partial charge < -0.3 is 4.90 Å². The van der Waals surface area contributed by atoms with Crippen LogP contribution in [0, 0.1) is 17.7 Å². The van der Waals surface area contributed by atoms with Crippen molar-refractivity contribution in [3.05, 3.63) is 65.5 Å². The van der Waals surface area contributed by atoms with Gasteiger partial charge in [0.05, 0.1) is 11.0 Å². The van der Waals surface area contributed by atoms with Gasteiger partial charge in [-0.2, -0.15) is 0 Å². The molecule has 1 saturated carbocycles. The fraction of sp³-hybridized carbons (Fsp3) is 0.538. The maximum Gasteiger partial charge on any atom is 0.152 e. The van der Waals surface area contributed by atoms with Crippen LogP contribution in [0.5, 0.6) is 0 Å². The van der Waals surface area contributed by atoms with Gasteiger partial charge in [-0.25, -0.2) is 12.8 Å². The zero-order valence-corrected chi connectivity index (χ0v) is 19.9. The Morgan fingerprint density at radius 3 is 2.26 bits per heavy atom. The fourth-order valence-electron chi connectivity index (χ4n) is 4.53. The van der Waals surface area contributed by atoms with Gasteiger partial charge in [0.15, 0.2) is 9.84 Å². The van der Waals surface area contributed by atoms with E-state index in [2.05, 4.69) is 23.1 Å². The van der Waals surface area contributed by atoms with Crippen molar-refractivity contribution in [2.24, 2.45) is 11.8 Å². The molecule has 0 spiro atoms. The summed E-state index contributed by atoms with van der Waals surface area (Å²) < 4.78 is 38.7. The molecule has 1 aliphatic rings. The highest BCUT2D eigenvalue weighted by Crippen LogP contribution is 2.33. The van der Waals surface area contributed by atoms with Crippen LogP contribution in [0.2, 0.25) is 0 Å². The Morgan fingerprint density at radius 2 is 1.61 bits per heavy atom. The Morgan fingerprint density at radius 1 is 0.968 bits per heavy atom. The normalized spacial score (nSPS) is 19.5. The Hall–Kier alpha value is -1.88. The molecule has 170 valence electrons. The van der Waals surface area contributed by atoms with E-state index < -0.39 is 9.84 Å². The number of benzene rings is 2. The standard InChI is InChI=1S/C26H36FNO2S/c1-20(2)31(29,30)19-23-12-9-21(10-13-23)11-14-24-15-25(27)17-26(16-24)28(3)18-22-7-5-4-6-8-22/h4-8,15-17,20-21,23H,9-14,18-19H2,1-3H3. The van der Waals surface area contributed by atoms with Crippen LogP contribution in [0.15, 0.2) is 48.5 Å². The van der Waals surface area contributed by atoms with Crippen molar-refractivity contribution in [2.45, 2.75) is 64.2 Å². The van der Waals surface area contributed by atoms with Crippen molar-refractivity contribution >= 4 is 15.5 Å². The second-order valence-corrected chi connectivity index (χ2v) is 12.1. The molecule has 31 heavy (non-hydrogen) atoms. The van der Waals surface area contributed by atoms with Crippen LogP contribution in [-0.4, -0.2) is 26.5 Å². The number of hydrogen-bond acceptors (Lipinski definition) is 3. The lowest BCUT2D eigenvalue weighted by Gasteiger charge is -2.29. The van der Waals surface area contributed by atoms with Gasteiger partial charge in [0, 0.05) is 19.3 Å². The Labute approximate surface area is 187 Å². The number of rotatable bonds is 9. The van der Waals surface area contributed by atoms with E-state index in [-0.39, 0.29) is 11.1 Å². The number of hydrogen-bond donors (Lipinski definition) is 0. The molecule has 0 unspecified atom stereocenters. The predicted molar refractivity (Wildman–Crippen MR) is 128 cm³/mol. The van der Waals surface area contributed by atoms with Crippen molar-refractivity contribution in [3.8, 4) is 0 Å². The molecule has 0 aliphatic heterocycles. The quantitative estimate of drug-likeness (QED) is 0.473. The highest BCUT2D eigenvalue weighted by molar-refractivity contribution is 7.91. The van der Waals surface area contributed by atoms with Crippen LogP contribution in [-0.2, 0) is 22.8 Å². The molecule has 3 rings (SSSR count). The van der Waals surface area contributed by atoms with Crippen LogP contribution in [0.1, 0.15) is 57.1 Å². The molecule has 0 bridgehead atoms. The summed E-state index contributed by atoms with van der Waals surface area (Å²) in [4.78, 5) is 2.09. The van der Waals surface area contributed by atoms with Crippen molar-refractivity contribution < 1.29 is 12.8 Å². The zero-order chi connectivity index (χ0) is 22.4. The molecule has 0 atom stereocenters. The van der Waals surface area contributed by atoms with Gasteiger partial charge in [-0.15, -0.1) is 0 Å². The zero-order valence-electron chi connectivity index (χ0n) is 19.1. The maximum absolute atomic E-state index is 14.3. The van der Waals surface area contributed by atoms with Crippen molar-refractivity contribution in [1.82, 2.24) is 0 Å². The van der Waals surface area contributed by atoms with E-state index in [9.17, 15) is 12.8 Å². The van der Waals surface area contributed by atoms with Crippen LogP contribution in [0.25, 0.3) is 0 Å².